The first kappa shape index (κ1) is 17.1. The van der Waals surface area contributed by atoms with Gasteiger partial charge >= 0.3 is 0 Å². The van der Waals surface area contributed by atoms with Crippen LogP contribution >= 0.6 is 0 Å². The molecular weight excluding hydrogens is 318 g/mol. The maximum atomic E-state index is 4.25. The van der Waals surface area contributed by atoms with Gasteiger partial charge in [0.15, 0.2) is 8.24 Å². The highest BCUT2D eigenvalue weighted by Crippen LogP contribution is 2.37. The normalized spacial score (nSPS) is 21.8. The van der Waals surface area contributed by atoms with E-state index in [2.05, 4.69) is 68.7 Å². The largest absolute Gasteiger partial charge is 0.331 e. The molecule has 1 N–H and O–H groups in total. The van der Waals surface area contributed by atoms with Crippen molar-refractivity contribution in [3.05, 3.63) is 45.3 Å². The zero-order chi connectivity index (χ0) is 17.6. The molecule has 0 spiro atoms. The van der Waals surface area contributed by atoms with Crippen LogP contribution in [0.3, 0.4) is 0 Å². The van der Waals surface area contributed by atoms with Crippen molar-refractivity contribution in [2.45, 2.75) is 71.0 Å². The molecule has 0 heterocycles. The highest BCUT2D eigenvalue weighted by Gasteiger charge is 2.40. The van der Waals surface area contributed by atoms with E-state index in [1.165, 1.54) is 59.2 Å². The summed E-state index contributed by atoms with van der Waals surface area (Å²) in [6, 6.07) is 5.56. The van der Waals surface area contributed by atoms with Gasteiger partial charge in [0.05, 0.1) is 0 Å². The molecule has 1 saturated carbocycles. The van der Waals surface area contributed by atoms with Crippen LogP contribution in [0.2, 0.25) is 12.1 Å². The minimum atomic E-state index is -1.76. The third-order valence-corrected chi connectivity index (χ3v) is 11.6. The first-order chi connectivity index (χ1) is 12.0. The number of allylic oxidation sites excluding steroid dienone is 2. The zero-order valence-corrected chi connectivity index (χ0v) is 17.2. The molecule has 1 fully saturated rings. The average molecular weight is 350 g/mol. The average Bonchev–Trinajstić information content (AvgIpc) is 3.15. The standard InChI is InChI=1S/C23H31NSi/c1-16(2)25(4,24-21-11-6-5-7-12-21)23-17(3)13-20-14-18-9-8-10-19(18)15-22(20)23/h8-10,13-16,21,24H,5-7,11-12H2,1-4H3. The molecule has 1 aromatic rings. The molecule has 4 rings (SSSR count). The molecule has 1 aromatic carbocycles. The minimum Gasteiger partial charge on any atom is -0.331 e. The summed E-state index contributed by atoms with van der Waals surface area (Å²) >= 11 is 0. The van der Waals surface area contributed by atoms with E-state index in [0.29, 0.717) is 5.54 Å². The Hall–Kier alpha value is -1.38. The van der Waals surface area contributed by atoms with Crippen LogP contribution in [0.15, 0.2) is 23.8 Å². The van der Waals surface area contributed by atoms with Gasteiger partial charge in [-0.1, -0.05) is 64.0 Å². The highest BCUT2D eigenvalue weighted by atomic mass is 28.3. The maximum Gasteiger partial charge on any atom is 0.158 e. The topological polar surface area (TPSA) is 12.0 Å². The van der Waals surface area contributed by atoms with Gasteiger partial charge in [-0.3, -0.25) is 0 Å². The summed E-state index contributed by atoms with van der Waals surface area (Å²) in [6.07, 6.45) is 16.0. The lowest BCUT2D eigenvalue weighted by atomic mass is 9.96. The summed E-state index contributed by atoms with van der Waals surface area (Å²) in [5.74, 6) is 0. The van der Waals surface area contributed by atoms with Crippen LogP contribution in [-0.2, 0) is 0 Å². The molecule has 0 radical (unpaired) electrons. The van der Waals surface area contributed by atoms with Crippen LogP contribution in [0, 0.1) is 0 Å². The summed E-state index contributed by atoms with van der Waals surface area (Å²) in [5, 5.41) is 4.47. The molecule has 0 aromatic heterocycles. The molecule has 1 atom stereocenters. The van der Waals surface area contributed by atoms with Crippen molar-refractivity contribution in [3.8, 4) is 0 Å². The summed E-state index contributed by atoms with van der Waals surface area (Å²) in [6.45, 7) is 9.77. The SMILES string of the molecule is CC1=C([Si](C)(NC2CCCCC2)C(C)C)c2cc3c(cc2=C1)C=CC=3. The molecule has 3 aliphatic carbocycles. The molecule has 0 amide bonds. The van der Waals surface area contributed by atoms with E-state index in [0.717, 1.165) is 6.04 Å². The number of nitrogens with one attached hydrogen (secondary N) is 1. The van der Waals surface area contributed by atoms with Crippen molar-refractivity contribution in [3.63, 3.8) is 0 Å². The first-order valence-corrected chi connectivity index (χ1v) is 12.6. The molecule has 0 bridgehead atoms. The Balaban J connectivity index is 1.76. The van der Waals surface area contributed by atoms with Gasteiger partial charge in [0, 0.05) is 6.04 Å². The Morgan fingerprint density at radius 1 is 1.08 bits per heavy atom. The van der Waals surface area contributed by atoms with Crippen molar-refractivity contribution in [2.75, 3.05) is 0 Å². The Morgan fingerprint density at radius 3 is 2.56 bits per heavy atom. The highest BCUT2D eigenvalue weighted by molar-refractivity contribution is 6.95. The van der Waals surface area contributed by atoms with Crippen LogP contribution in [-0.4, -0.2) is 14.3 Å². The van der Waals surface area contributed by atoms with E-state index < -0.39 is 8.24 Å². The minimum absolute atomic E-state index is 0.689. The van der Waals surface area contributed by atoms with Gasteiger partial charge in [-0.2, -0.15) is 0 Å². The van der Waals surface area contributed by atoms with Crippen LogP contribution in [0.5, 0.6) is 0 Å². The Kier molecular flexibility index (Phi) is 4.37. The first-order valence-electron chi connectivity index (χ1n) is 10.0. The second-order valence-corrected chi connectivity index (χ2v) is 13.0. The predicted molar refractivity (Wildman–Crippen MR) is 113 cm³/mol. The molecule has 0 aliphatic heterocycles. The molecular formula is C23H31NSi. The molecule has 25 heavy (non-hydrogen) atoms. The van der Waals surface area contributed by atoms with Gasteiger partial charge in [0.25, 0.3) is 0 Å². The maximum absolute atomic E-state index is 4.25. The van der Waals surface area contributed by atoms with E-state index in [9.17, 15) is 0 Å². The Morgan fingerprint density at radius 2 is 1.84 bits per heavy atom. The van der Waals surface area contributed by atoms with Crippen LogP contribution < -0.4 is 15.4 Å². The van der Waals surface area contributed by atoms with Gasteiger partial charge < -0.3 is 4.98 Å². The number of hydrogen-bond acceptors (Lipinski definition) is 1. The van der Waals surface area contributed by atoms with E-state index in [1.807, 2.05) is 0 Å². The summed E-state index contributed by atoms with van der Waals surface area (Å²) in [4.78, 5) is 4.25. The molecule has 2 heteroatoms. The lowest BCUT2D eigenvalue weighted by Gasteiger charge is -2.40. The van der Waals surface area contributed by atoms with E-state index in [-0.39, 0.29) is 0 Å². The van der Waals surface area contributed by atoms with Crippen LogP contribution in [0.4, 0.5) is 0 Å². The lowest BCUT2D eigenvalue weighted by molar-refractivity contribution is 0.413. The summed E-state index contributed by atoms with van der Waals surface area (Å²) in [7, 11) is -1.76. The van der Waals surface area contributed by atoms with Crippen molar-refractivity contribution in [2.24, 2.45) is 0 Å². The van der Waals surface area contributed by atoms with Gasteiger partial charge in [-0.25, -0.2) is 0 Å². The van der Waals surface area contributed by atoms with E-state index in [1.54, 1.807) is 5.20 Å². The Bertz CT molecular complexity index is 868. The quantitative estimate of drug-likeness (QED) is 0.789. The number of hydrogen-bond donors (Lipinski definition) is 1. The van der Waals surface area contributed by atoms with Gasteiger partial charge in [-0.05, 0) is 69.8 Å². The molecule has 3 aliphatic rings. The van der Waals surface area contributed by atoms with Crippen LogP contribution in [0.1, 0.15) is 64.0 Å². The smallest absolute Gasteiger partial charge is 0.158 e. The van der Waals surface area contributed by atoms with E-state index in [4.69, 9.17) is 0 Å². The van der Waals surface area contributed by atoms with Crippen molar-refractivity contribution in [1.29, 1.82) is 0 Å². The third-order valence-electron chi connectivity index (χ3n) is 6.63. The van der Waals surface area contributed by atoms with Crippen molar-refractivity contribution < 1.29 is 0 Å². The number of fused-ring (bicyclic) bond motifs is 2. The fourth-order valence-electron chi connectivity index (χ4n) is 4.94. The molecule has 1 unspecified atom stereocenters. The van der Waals surface area contributed by atoms with Crippen LogP contribution in [0.25, 0.3) is 23.4 Å². The summed E-state index contributed by atoms with van der Waals surface area (Å²) < 4.78 is 0. The van der Waals surface area contributed by atoms with Gasteiger partial charge in [0.2, 0.25) is 0 Å². The number of rotatable bonds is 4. The van der Waals surface area contributed by atoms with Gasteiger partial charge in [0.1, 0.15) is 0 Å². The summed E-state index contributed by atoms with van der Waals surface area (Å²) in [5.41, 5.74) is 5.06. The fraction of sp³-hybridized carbons (Fsp3) is 0.478. The molecule has 132 valence electrons. The van der Waals surface area contributed by atoms with Gasteiger partial charge in [-0.15, -0.1) is 0 Å². The second-order valence-electron chi connectivity index (χ2n) is 8.63. The zero-order valence-electron chi connectivity index (χ0n) is 16.2. The molecule has 0 saturated heterocycles. The Labute approximate surface area is 153 Å². The monoisotopic (exact) mass is 349 g/mol. The number of benzene rings is 1. The third kappa shape index (κ3) is 2.90. The van der Waals surface area contributed by atoms with Crippen molar-refractivity contribution >= 4 is 31.7 Å². The lowest BCUT2D eigenvalue weighted by Crippen LogP contribution is -2.56. The van der Waals surface area contributed by atoms with E-state index >= 15 is 0 Å². The second kappa shape index (κ2) is 6.41. The fourth-order valence-corrected chi connectivity index (χ4v) is 8.80. The van der Waals surface area contributed by atoms with Crippen molar-refractivity contribution in [1.82, 2.24) is 4.98 Å². The molecule has 1 nitrogen and oxygen atoms in total. The predicted octanol–water partition coefficient (Wildman–Crippen LogP) is 4.51.